The standard InChI is InChI=1S/C26H44N4O6/c1-2-3-10-20(21(31)22(32)27-19-25(35)11-6-4-7-12-25)28-23(33)26(13-8-5-9-14-26)29-24(34)30-15-17-36-18-16-30/h20,35H,2-19H2,1H3,(H,27,32)(H,28,33)(H,29,34)/t20-/m0/s1. The van der Waals surface area contributed by atoms with Gasteiger partial charge in [0.1, 0.15) is 5.54 Å². The van der Waals surface area contributed by atoms with Gasteiger partial charge in [-0.05, 0) is 32.1 Å². The molecule has 1 aliphatic heterocycles. The number of amides is 4. The number of Topliss-reactive ketones (excluding diaryl/α,β-unsaturated/α-hetero) is 1. The van der Waals surface area contributed by atoms with Crippen LogP contribution in [0.1, 0.15) is 90.4 Å². The van der Waals surface area contributed by atoms with Crippen LogP contribution in [0, 0.1) is 0 Å². The molecule has 4 N–H and O–H groups in total. The summed E-state index contributed by atoms with van der Waals surface area (Å²) in [6, 6.07) is -1.28. The number of urea groups is 1. The number of aliphatic hydroxyl groups is 1. The maximum Gasteiger partial charge on any atom is 0.318 e. The van der Waals surface area contributed by atoms with Gasteiger partial charge in [0, 0.05) is 19.6 Å². The van der Waals surface area contributed by atoms with Crippen LogP contribution in [0.25, 0.3) is 0 Å². The average molecular weight is 509 g/mol. The molecule has 1 heterocycles. The molecule has 0 radical (unpaired) electrons. The molecule has 204 valence electrons. The fourth-order valence-electron chi connectivity index (χ4n) is 5.46. The van der Waals surface area contributed by atoms with E-state index in [1.165, 1.54) is 0 Å². The number of ketones is 1. The maximum absolute atomic E-state index is 13.6. The number of hydrogen-bond acceptors (Lipinski definition) is 6. The molecular formula is C26H44N4O6. The largest absolute Gasteiger partial charge is 0.388 e. The van der Waals surface area contributed by atoms with E-state index in [0.717, 1.165) is 44.9 Å². The number of unbranched alkanes of at least 4 members (excludes halogenated alkanes) is 1. The molecule has 1 atom stereocenters. The smallest absolute Gasteiger partial charge is 0.318 e. The van der Waals surface area contributed by atoms with Gasteiger partial charge >= 0.3 is 6.03 Å². The van der Waals surface area contributed by atoms with Crippen molar-refractivity contribution in [1.29, 1.82) is 0 Å². The highest BCUT2D eigenvalue weighted by Crippen LogP contribution is 2.30. The van der Waals surface area contributed by atoms with Gasteiger partial charge in [0.25, 0.3) is 5.91 Å². The number of carbonyl (C=O) groups is 4. The third-order valence-corrected chi connectivity index (χ3v) is 7.84. The molecule has 36 heavy (non-hydrogen) atoms. The van der Waals surface area contributed by atoms with Gasteiger partial charge in [-0.3, -0.25) is 14.4 Å². The Bertz CT molecular complexity index is 770. The second-order valence-corrected chi connectivity index (χ2v) is 10.7. The van der Waals surface area contributed by atoms with E-state index in [4.69, 9.17) is 4.74 Å². The highest BCUT2D eigenvalue weighted by Gasteiger charge is 2.43. The minimum Gasteiger partial charge on any atom is -0.388 e. The maximum atomic E-state index is 13.6. The molecule has 0 bridgehead atoms. The first kappa shape index (κ1) is 28.4. The number of morpholine rings is 1. The van der Waals surface area contributed by atoms with Crippen molar-refractivity contribution in [2.24, 2.45) is 0 Å². The minimum absolute atomic E-state index is 0.0333. The molecule has 0 spiro atoms. The Morgan fingerprint density at radius 2 is 1.56 bits per heavy atom. The zero-order valence-electron chi connectivity index (χ0n) is 21.7. The zero-order valence-corrected chi connectivity index (χ0v) is 21.7. The van der Waals surface area contributed by atoms with Gasteiger partial charge in [0.15, 0.2) is 0 Å². The Balaban J connectivity index is 1.66. The van der Waals surface area contributed by atoms with Gasteiger partial charge in [-0.2, -0.15) is 0 Å². The molecule has 1 saturated heterocycles. The van der Waals surface area contributed by atoms with E-state index in [-0.39, 0.29) is 12.6 Å². The Labute approximate surface area is 214 Å². The van der Waals surface area contributed by atoms with Crippen LogP contribution in [-0.4, -0.2) is 83.7 Å². The fraction of sp³-hybridized carbons (Fsp3) is 0.846. The topological polar surface area (TPSA) is 137 Å². The molecule has 3 aliphatic rings. The summed E-state index contributed by atoms with van der Waals surface area (Å²) in [6.07, 6.45) is 9.41. The molecule has 2 saturated carbocycles. The Morgan fingerprint density at radius 1 is 0.944 bits per heavy atom. The molecule has 2 aliphatic carbocycles. The first-order chi connectivity index (χ1) is 17.3. The fourth-order valence-corrected chi connectivity index (χ4v) is 5.46. The average Bonchev–Trinajstić information content (AvgIpc) is 2.90. The molecule has 3 fully saturated rings. The van der Waals surface area contributed by atoms with Gasteiger partial charge in [-0.15, -0.1) is 0 Å². The van der Waals surface area contributed by atoms with E-state index < -0.39 is 34.8 Å². The number of ether oxygens (including phenoxy) is 1. The first-order valence-corrected chi connectivity index (χ1v) is 13.8. The number of nitrogens with one attached hydrogen (secondary N) is 3. The number of carbonyl (C=O) groups excluding carboxylic acids is 4. The summed E-state index contributed by atoms with van der Waals surface area (Å²) in [7, 11) is 0. The lowest BCUT2D eigenvalue weighted by Crippen LogP contribution is -2.64. The highest BCUT2D eigenvalue weighted by atomic mass is 16.5. The lowest BCUT2D eigenvalue weighted by molar-refractivity contribution is -0.141. The van der Waals surface area contributed by atoms with Gasteiger partial charge in [0.05, 0.1) is 24.9 Å². The molecular weight excluding hydrogens is 464 g/mol. The van der Waals surface area contributed by atoms with Crippen molar-refractivity contribution in [3.8, 4) is 0 Å². The molecule has 10 nitrogen and oxygen atoms in total. The van der Waals surface area contributed by atoms with Gasteiger partial charge in [-0.25, -0.2) is 4.79 Å². The van der Waals surface area contributed by atoms with Gasteiger partial charge in [-0.1, -0.05) is 58.3 Å². The van der Waals surface area contributed by atoms with Crippen LogP contribution >= 0.6 is 0 Å². The Kier molecular flexibility index (Phi) is 10.5. The number of rotatable bonds is 10. The third-order valence-electron chi connectivity index (χ3n) is 7.84. The van der Waals surface area contributed by atoms with E-state index >= 15 is 0 Å². The van der Waals surface area contributed by atoms with Crippen LogP contribution in [0.2, 0.25) is 0 Å². The van der Waals surface area contributed by atoms with Gasteiger partial charge < -0.3 is 30.7 Å². The minimum atomic E-state index is -1.11. The van der Waals surface area contributed by atoms with Crippen molar-refractivity contribution in [3.63, 3.8) is 0 Å². The lowest BCUT2D eigenvalue weighted by Gasteiger charge is -2.39. The molecule has 3 rings (SSSR count). The summed E-state index contributed by atoms with van der Waals surface area (Å²) >= 11 is 0. The van der Waals surface area contributed by atoms with E-state index in [0.29, 0.717) is 64.8 Å². The third kappa shape index (κ3) is 7.65. The number of nitrogens with zero attached hydrogens (tertiary/aromatic N) is 1. The Morgan fingerprint density at radius 3 is 2.17 bits per heavy atom. The summed E-state index contributed by atoms with van der Waals surface area (Å²) in [5.41, 5.74) is -2.08. The quantitative estimate of drug-likeness (QED) is 0.332. The van der Waals surface area contributed by atoms with E-state index in [1.807, 2.05) is 6.92 Å². The summed E-state index contributed by atoms with van der Waals surface area (Å²) < 4.78 is 5.32. The molecule has 0 aromatic carbocycles. The van der Waals surface area contributed by atoms with Crippen molar-refractivity contribution < 1.29 is 29.0 Å². The lowest BCUT2D eigenvalue weighted by atomic mass is 9.80. The molecule has 0 aromatic rings. The van der Waals surface area contributed by atoms with E-state index in [1.54, 1.807) is 4.90 Å². The van der Waals surface area contributed by atoms with Crippen LogP contribution < -0.4 is 16.0 Å². The second-order valence-electron chi connectivity index (χ2n) is 10.7. The molecule has 0 aromatic heterocycles. The molecule has 4 amide bonds. The van der Waals surface area contributed by atoms with Crippen molar-refractivity contribution in [1.82, 2.24) is 20.9 Å². The van der Waals surface area contributed by atoms with Crippen molar-refractivity contribution >= 4 is 23.6 Å². The van der Waals surface area contributed by atoms with Crippen molar-refractivity contribution in [3.05, 3.63) is 0 Å². The van der Waals surface area contributed by atoms with Crippen LogP contribution in [-0.2, 0) is 19.1 Å². The monoisotopic (exact) mass is 508 g/mol. The predicted octanol–water partition coefficient (Wildman–Crippen LogP) is 1.79. The molecule has 10 heteroatoms. The summed E-state index contributed by atoms with van der Waals surface area (Å²) in [4.78, 5) is 54.1. The van der Waals surface area contributed by atoms with Crippen LogP contribution in [0.4, 0.5) is 4.79 Å². The molecule has 0 unspecified atom stereocenters. The van der Waals surface area contributed by atoms with Crippen molar-refractivity contribution in [2.75, 3.05) is 32.8 Å². The SMILES string of the molecule is CCCC[C@H](NC(=O)C1(NC(=O)N2CCOCC2)CCCCC1)C(=O)C(=O)NCC1(O)CCCCC1. The van der Waals surface area contributed by atoms with E-state index in [2.05, 4.69) is 16.0 Å². The summed E-state index contributed by atoms with van der Waals surface area (Å²) in [5.74, 6) is -1.90. The van der Waals surface area contributed by atoms with Crippen LogP contribution in [0.3, 0.4) is 0 Å². The summed E-state index contributed by atoms with van der Waals surface area (Å²) in [5, 5.41) is 19.1. The number of hydrogen-bond donors (Lipinski definition) is 4. The van der Waals surface area contributed by atoms with Gasteiger partial charge in [0.2, 0.25) is 11.7 Å². The summed E-state index contributed by atoms with van der Waals surface area (Å²) in [6.45, 7) is 3.87. The highest BCUT2D eigenvalue weighted by molar-refractivity contribution is 6.38. The Hall–Kier alpha value is -2.20. The zero-order chi connectivity index (χ0) is 26.0. The predicted molar refractivity (Wildman–Crippen MR) is 134 cm³/mol. The van der Waals surface area contributed by atoms with Crippen molar-refractivity contribution in [2.45, 2.75) is 108 Å². The van der Waals surface area contributed by atoms with Crippen LogP contribution in [0.15, 0.2) is 0 Å². The second kappa shape index (κ2) is 13.4. The normalized spacial score (nSPS) is 22.2. The first-order valence-electron chi connectivity index (χ1n) is 13.8. The van der Waals surface area contributed by atoms with E-state index in [9.17, 15) is 24.3 Å². The van der Waals surface area contributed by atoms with Crippen LogP contribution in [0.5, 0.6) is 0 Å².